The van der Waals surface area contributed by atoms with Gasteiger partial charge in [0.2, 0.25) is 0 Å². The summed E-state index contributed by atoms with van der Waals surface area (Å²) in [6, 6.07) is 13.9. The number of hydrogen-bond acceptors (Lipinski definition) is 3. The largest absolute Gasteiger partial charge is 0.483 e. The van der Waals surface area contributed by atoms with E-state index in [1.54, 1.807) is 0 Å². The van der Waals surface area contributed by atoms with E-state index < -0.39 is 6.10 Å². The maximum atomic E-state index is 13.5. The van der Waals surface area contributed by atoms with Crippen LogP contribution in [0.1, 0.15) is 45.4 Å². The van der Waals surface area contributed by atoms with Crippen molar-refractivity contribution in [1.29, 1.82) is 0 Å². The van der Waals surface area contributed by atoms with Gasteiger partial charge in [0, 0.05) is 16.2 Å². The molecule has 3 aromatic rings. The van der Waals surface area contributed by atoms with Crippen molar-refractivity contribution in [3.8, 4) is 5.75 Å². The highest BCUT2D eigenvalue weighted by Gasteiger charge is 2.55. The van der Waals surface area contributed by atoms with Crippen LogP contribution in [0.5, 0.6) is 5.75 Å². The molecule has 0 saturated heterocycles. The molecular weight excluding hydrogens is 348 g/mol. The molecule has 3 heteroatoms. The molecule has 0 spiro atoms. The summed E-state index contributed by atoms with van der Waals surface area (Å²) in [6.45, 7) is 1.94. The Morgan fingerprint density at radius 3 is 2.32 bits per heavy atom. The van der Waals surface area contributed by atoms with Crippen molar-refractivity contribution >= 4 is 27.7 Å². The van der Waals surface area contributed by atoms with E-state index in [0.717, 1.165) is 64.7 Å². The van der Waals surface area contributed by atoms with Crippen LogP contribution in [0, 0.1) is 23.2 Å². The number of hydrogen-bond donors (Lipinski definition) is 0. The summed E-state index contributed by atoms with van der Waals surface area (Å²) in [5, 5.41) is 2.13. The lowest BCUT2D eigenvalue weighted by molar-refractivity contribution is -0.150. The predicted octanol–water partition coefficient (Wildman–Crippen LogP) is 6.14. The number of ketones is 1. The van der Waals surface area contributed by atoms with Crippen molar-refractivity contribution in [3.05, 3.63) is 42.5 Å². The molecule has 0 amide bonds. The zero-order chi connectivity index (χ0) is 18.9. The van der Waals surface area contributed by atoms with E-state index in [0.29, 0.717) is 5.78 Å². The fourth-order valence-electron chi connectivity index (χ4n) is 6.88. The molecule has 4 aliphatic carbocycles. The van der Waals surface area contributed by atoms with Gasteiger partial charge in [-0.05, 0) is 87.5 Å². The first-order valence-corrected chi connectivity index (χ1v) is 10.7. The molecule has 0 unspecified atom stereocenters. The van der Waals surface area contributed by atoms with Crippen molar-refractivity contribution in [1.82, 2.24) is 0 Å². The average molecular weight is 374 g/mol. The van der Waals surface area contributed by atoms with E-state index in [2.05, 4.69) is 6.07 Å². The van der Waals surface area contributed by atoms with E-state index in [1.165, 1.54) is 19.3 Å². The van der Waals surface area contributed by atoms with Gasteiger partial charge in [-0.25, -0.2) is 0 Å². The van der Waals surface area contributed by atoms with Crippen LogP contribution in [0.2, 0.25) is 0 Å². The van der Waals surface area contributed by atoms with Crippen molar-refractivity contribution < 1.29 is 13.9 Å². The monoisotopic (exact) mass is 374 g/mol. The quantitative estimate of drug-likeness (QED) is 0.551. The summed E-state index contributed by atoms with van der Waals surface area (Å²) in [4.78, 5) is 13.5. The third-order valence-electron chi connectivity index (χ3n) is 7.59. The van der Waals surface area contributed by atoms with Gasteiger partial charge in [-0.2, -0.15) is 0 Å². The molecule has 1 heterocycles. The maximum Gasteiger partial charge on any atom is 0.179 e. The molecule has 28 heavy (non-hydrogen) atoms. The summed E-state index contributed by atoms with van der Waals surface area (Å²) < 4.78 is 12.1. The highest BCUT2D eigenvalue weighted by Crippen LogP contribution is 2.60. The Morgan fingerprint density at radius 1 is 0.964 bits per heavy atom. The van der Waals surface area contributed by atoms with E-state index in [-0.39, 0.29) is 5.41 Å². The van der Waals surface area contributed by atoms with Gasteiger partial charge in [0.25, 0.3) is 0 Å². The summed E-state index contributed by atoms with van der Waals surface area (Å²) in [6.07, 6.45) is 6.95. The van der Waals surface area contributed by atoms with E-state index in [9.17, 15) is 4.79 Å². The molecule has 7 rings (SSSR count). The van der Waals surface area contributed by atoms with Gasteiger partial charge in [0.05, 0.1) is 0 Å². The third kappa shape index (κ3) is 2.45. The Balaban J connectivity index is 1.28. The Kier molecular flexibility index (Phi) is 3.48. The number of fused-ring (bicyclic) bond motifs is 3. The van der Waals surface area contributed by atoms with Crippen molar-refractivity contribution in [2.45, 2.75) is 51.6 Å². The van der Waals surface area contributed by atoms with Crippen LogP contribution in [-0.2, 0) is 4.79 Å². The third-order valence-corrected chi connectivity index (χ3v) is 7.59. The highest BCUT2D eigenvalue weighted by molar-refractivity contribution is 6.05. The van der Waals surface area contributed by atoms with Gasteiger partial charge < -0.3 is 9.15 Å². The minimum Gasteiger partial charge on any atom is -0.483 e. The smallest absolute Gasteiger partial charge is 0.179 e. The van der Waals surface area contributed by atoms with Crippen LogP contribution in [0.4, 0.5) is 0 Å². The molecular formula is C25H26O3. The summed E-state index contributed by atoms with van der Waals surface area (Å²) >= 11 is 0. The lowest BCUT2D eigenvalue weighted by atomic mass is 9.48. The first kappa shape index (κ1) is 16.6. The van der Waals surface area contributed by atoms with Crippen LogP contribution in [-0.4, -0.2) is 11.9 Å². The maximum absolute atomic E-state index is 13.5. The minimum absolute atomic E-state index is 0.111. The summed E-state index contributed by atoms with van der Waals surface area (Å²) in [5.74, 6) is 3.41. The van der Waals surface area contributed by atoms with Crippen LogP contribution < -0.4 is 4.74 Å². The molecule has 2 aromatic carbocycles. The fourth-order valence-corrected chi connectivity index (χ4v) is 6.88. The Labute approximate surface area is 165 Å². The SMILES string of the molecule is C[C@@H](Oc1ccc2oc3ccccc3c2c1)C(=O)C12CC3CC(CC(C3)C1)C2. The van der Waals surface area contributed by atoms with Crippen LogP contribution >= 0.6 is 0 Å². The van der Waals surface area contributed by atoms with Crippen LogP contribution in [0.3, 0.4) is 0 Å². The molecule has 4 saturated carbocycles. The number of carbonyl (C=O) groups is 1. The molecule has 4 fully saturated rings. The second-order valence-electron chi connectivity index (χ2n) is 9.58. The molecule has 0 aliphatic heterocycles. The molecule has 1 aromatic heterocycles. The highest BCUT2D eigenvalue weighted by atomic mass is 16.5. The van der Waals surface area contributed by atoms with Crippen molar-refractivity contribution in [2.24, 2.45) is 23.2 Å². The van der Waals surface area contributed by atoms with Gasteiger partial charge in [-0.15, -0.1) is 0 Å². The van der Waals surface area contributed by atoms with Gasteiger partial charge in [0.15, 0.2) is 11.9 Å². The number of para-hydroxylation sites is 1. The minimum atomic E-state index is -0.396. The zero-order valence-corrected chi connectivity index (χ0v) is 16.3. The Morgan fingerprint density at radius 2 is 1.61 bits per heavy atom. The molecule has 4 aliphatic rings. The van der Waals surface area contributed by atoms with Gasteiger partial charge in [-0.1, -0.05) is 18.2 Å². The van der Waals surface area contributed by atoms with Crippen molar-refractivity contribution in [2.75, 3.05) is 0 Å². The Hall–Kier alpha value is -2.29. The van der Waals surface area contributed by atoms with E-state index >= 15 is 0 Å². The molecule has 0 N–H and O–H groups in total. The molecule has 1 atom stereocenters. The average Bonchev–Trinajstić information content (AvgIpc) is 3.04. The summed E-state index contributed by atoms with van der Waals surface area (Å²) in [5.41, 5.74) is 1.63. The van der Waals surface area contributed by atoms with Gasteiger partial charge in [0.1, 0.15) is 16.9 Å². The van der Waals surface area contributed by atoms with Crippen molar-refractivity contribution in [3.63, 3.8) is 0 Å². The molecule has 0 radical (unpaired) electrons. The number of ether oxygens (including phenoxy) is 1. The molecule has 144 valence electrons. The number of carbonyl (C=O) groups excluding carboxylic acids is 1. The predicted molar refractivity (Wildman–Crippen MR) is 109 cm³/mol. The van der Waals surface area contributed by atoms with Crippen LogP contribution in [0.25, 0.3) is 21.9 Å². The Bertz CT molecular complexity index is 1040. The zero-order valence-electron chi connectivity index (χ0n) is 16.3. The van der Waals surface area contributed by atoms with Crippen LogP contribution in [0.15, 0.2) is 46.9 Å². The number of benzene rings is 2. The van der Waals surface area contributed by atoms with E-state index in [4.69, 9.17) is 9.15 Å². The lowest BCUT2D eigenvalue weighted by Gasteiger charge is -2.56. The van der Waals surface area contributed by atoms with Gasteiger partial charge >= 0.3 is 0 Å². The molecule has 3 nitrogen and oxygen atoms in total. The second-order valence-corrected chi connectivity index (χ2v) is 9.58. The van der Waals surface area contributed by atoms with Gasteiger partial charge in [-0.3, -0.25) is 4.79 Å². The molecule has 4 bridgehead atoms. The number of rotatable bonds is 4. The normalized spacial score (nSPS) is 32.1. The number of furan rings is 1. The fraction of sp³-hybridized carbons (Fsp3) is 0.480. The first-order chi connectivity index (χ1) is 13.6. The standard InChI is InChI=1S/C25H26O3/c1-15(24(26)25-12-16-8-17(13-25)10-18(9-16)14-25)27-19-6-7-23-21(11-19)20-4-2-3-5-22(20)28-23/h2-7,11,15-18H,8-10,12-14H2,1H3/t15-,16?,17?,18?,25?/m1/s1. The second kappa shape index (κ2) is 5.85. The topological polar surface area (TPSA) is 39.4 Å². The lowest BCUT2D eigenvalue weighted by Crippen LogP contribution is -2.53. The van der Waals surface area contributed by atoms with E-state index in [1.807, 2.05) is 43.3 Å². The number of Topliss-reactive ketones (excluding diaryl/α,β-unsaturated/α-hetero) is 1. The first-order valence-electron chi connectivity index (χ1n) is 10.7. The summed E-state index contributed by atoms with van der Waals surface area (Å²) in [7, 11) is 0.